The fourth-order valence-electron chi connectivity index (χ4n) is 2.71. The first-order valence-corrected chi connectivity index (χ1v) is 8.05. The molecule has 0 saturated heterocycles. The van der Waals surface area contributed by atoms with E-state index >= 15 is 0 Å². The molecular weight excluding hydrogens is 282 g/mol. The van der Waals surface area contributed by atoms with Crippen molar-refractivity contribution in [1.82, 2.24) is 15.1 Å². The van der Waals surface area contributed by atoms with Crippen LogP contribution >= 0.6 is 11.6 Å². The third-order valence-corrected chi connectivity index (χ3v) is 4.46. The highest BCUT2D eigenvalue weighted by Crippen LogP contribution is 2.29. The number of benzene rings is 1. The minimum Gasteiger partial charge on any atom is -0.313 e. The molecular formula is C17H22ClN3. The SMILES string of the molecule is Cn1cc(CCC(CNC2CC2)c2ccccc2Cl)cn1. The largest absolute Gasteiger partial charge is 0.313 e. The highest BCUT2D eigenvalue weighted by atomic mass is 35.5. The summed E-state index contributed by atoms with van der Waals surface area (Å²) in [6.07, 6.45) is 8.82. The Kier molecular flexibility index (Phi) is 4.61. The Bertz CT molecular complexity index is 589. The lowest BCUT2D eigenvalue weighted by Gasteiger charge is -2.19. The van der Waals surface area contributed by atoms with E-state index in [2.05, 4.69) is 28.7 Å². The van der Waals surface area contributed by atoms with Crippen molar-refractivity contribution in [2.24, 2.45) is 7.05 Å². The summed E-state index contributed by atoms with van der Waals surface area (Å²) in [6, 6.07) is 8.96. The lowest BCUT2D eigenvalue weighted by atomic mass is 9.92. The van der Waals surface area contributed by atoms with E-state index in [0.717, 1.165) is 30.5 Å². The molecule has 2 aromatic rings. The van der Waals surface area contributed by atoms with E-state index in [1.165, 1.54) is 24.0 Å². The van der Waals surface area contributed by atoms with Crippen molar-refractivity contribution in [2.45, 2.75) is 37.6 Å². The monoisotopic (exact) mass is 303 g/mol. The molecule has 1 saturated carbocycles. The molecule has 4 heteroatoms. The van der Waals surface area contributed by atoms with E-state index < -0.39 is 0 Å². The van der Waals surface area contributed by atoms with Gasteiger partial charge in [-0.1, -0.05) is 29.8 Å². The van der Waals surface area contributed by atoms with Crippen molar-refractivity contribution in [1.29, 1.82) is 0 Å². The van der Waals surface area contributed by atoms with Gasteiger partial charge in [-0.3, -0.25) is 4.68 Å². The Morgan fingerprint density at radius 3 is 2.86 bits per heavy atom. The van der Waals surface area contributed by atoms with Gasteiger partial charge in [-0.15, -0.1) is 0 Å². The molecule has 112 valence electrons. The number of halogens is 1. The van der Waals surface area contributed by atoms with E-state index in [4.69, 9.17) is 11.6 Å². The van der Waals surface area contributed by atoms with E-state index in [1.807, 2.05) is 30.1 Å². The first-order chi connectivity index (χ1) is 10.2. The molecule has 1 atom stereocenters. The topological polar surface area (TPSA) is 29.9 Å². The molecule has 1 heterocycles. The molecule has 21 heavy (non-hydrogen) atoms. The third kappa shape index (κ3) is 4.08. The van der Waals surface area contributed by atoms with Gasteiger partial charge in [0.1, 0.15) is 0 Å². The van der Waals surface area contributed by atoms with Crippen molar-refractivity contribution < 1.29 is 0 Å². The van der Waals surface area contributed by atoms with Crippen LogP contribution in [-0.2, 0) is 13.5 Å². The Morgan fingerprint density at radius 1 is 1.38 bits per heavy atom. The maximum absolute atomic E-state index is 6.39. The number of nitrogens with one attached hydrogen (secondary N) is 1. The van der Waals surface area contributed by atoms with E-state index in [-0.39, 0.29) is 0 Å². The fraction of sp³-hybridized carbons (Fsp3) is 0.471. The molecule has 3 rings (SSSR count). The van der Waals surface area contributed by atoms with Gasteiger partial charge in [0, 0.05) is 30.9 Å². The van der Waals surface area contributed by atoms with Gasteiger partial charge in [0.25, 0.3) is 0 Å². The van der Waals surface area contributed by atoms with Gasteiger partial charge in [-0.25, -0.2) is 0 Å². The van der Waals surface area contributed by atoms with Crippen molar-refractivity contribution in [3.8, 4) is 0 Å². The minimum absolute atomic E-state index is 0.458. The van der Waals surface area contributed by atoms with E-state index in [0.29, 0.717) is 5.92 Å². The standard InChI is InChI=1S/C17H22ClN3/c1-21-12-13(10-20-21)6-7-14(11-19-15-8-9-15)16-4-2-3-5-17(16)18/h2-5,10,12,14-15,19H,6-9,11H2,1H3. The van der Waals surface area contributed by atoms with Crippen LogP contribution in [0.2, 0.25) is 5.02 Å². The zero-order valence-corrected chi connectivity index (χ0v) is 13.2. The predicted molar refractivity (Wildman–Crippen MR) is 86.7 cm³/mol. The van der Waals surface area contributed by atoms with Crippen LogP contribution in [0.3, 0.4) is 0 Å². The molecule has 0 amide bonds. The summed E-state index contributed by atoms with van der Waals surface area (Å²) in [5, 5.41) is 8.77. The van der Waals surface area contributed by atoms with Crippen LogP contribution in [0.4, 0.5) is 0 Å². The molecule has 1 unspecified atom stereocenters. The van der Waals surface area contributed by atoms with E-state index in [9.17, 15) is 0 Å². The number of hydrogen-bond donors (Lipinski definition) is 1. The Hall–Kier alpha value is -1.32. The smallest absolute Gasteiger partial charge is 0.0521 e. The molecule has 1 aromatic heterocycles. The fourth-order valence-corrected chi connectivity index (χ4v) is 3.00. The summed E-state index contributed by atoms with van der Waals surface area (Å²) in [5.41, 5.74) is 2.55. The number of aromatic nitrogens is 2. The average molecular weight is 304 g/mol. The van der Waals surface area contributed by atoms with Gasteiger partial charge in [0.05, 0.1) is 6.20 Å². The van der Waals surface area contributed by atoms with Crippen molar-refractivity contribution >= 4 is 11.6 Å². The normalized spacial score (nSPS) is 16.1. The van der Waals surface area contributed by atoms with Crippen LogP contribution in [0.5, 0.6) is 0 Å². The zero-order chi connectivity index (χ0) is 14.7. The second-order valence-electron chi connectivity index (χ2n) is 5.96. The zero-order valence-electron chi connectivity index (χ0n) is 12.4. The summed E-state index contributed by atoms with van der Waals surface area (Å²) in [4.78, 5) is 0. The third-order valence-electron chi connectivity index (χ3n) is 4.12. The molecule has 0 bridgehead atoms. The number of nitrogens with zero attached hydrogens (tertiary/aromatic N) is 2. The van der Waals surface area contributed by atoms with Gasteiger partial charge in [-0.2, -0.15) is 5.10 Å². The minimum atomic E-state index is 0.458. The van der Waals surface area contributed by atoms with Gasteiger partial charge in [0.15, 0.2) is 0 Å². The molecule has 1 aliphatic carbocycles. The number of hydrogen-bond acceptors (Lipinski definition) is 2. The maximum atomic E-state index is 6.39. The van der Waals surface area contributed by atoms with Gasteiger partial charge in [-0.05, 0) is 48.8 Å². The molecule has 1 aliphatic rings. The number of aryl methyl sites for hydroxylation is 2. The summed E-state index contributed by atoms with van der Waals surface area (Å²) in [7, 11) is 1.96. The molecule has 0 spiro atoms. The predicted octanol–water partition coefficient (Wildman–Crippen LogP) is 3.54. The highest BCUT2D eigenvalue weighted by molar-refractivity contribution is 6.31. The van der Waals surface area contributed by atoms with Crippen molar-refractivity contribution in [3.63, 3.8) is 0 Å². The quantitative estimate of drug-likeness (QED) is 0.848. The van der Waals surface area contributed by atoms with Crippen molar-refractivity contribution in [2.75, 3.05) is 6.54 Å². The first kappa shape index (κ1) is 14.6. The molecule has 1 N–H and O–H groups in total. The van der Waals surface area contributed by atoms with Crippen LogP contribution in [0.15, 0.2) is 36.7 Å². The molecule has 3 nitrogen and oxygen atoms in total. The molecule has 1 fully saturated rings. The van der Waals surface area contributed by atoms with Crippen LogP contribution < -0.4 is 5.32 Å². The molecule has 0 radical (unpaired) electrons. The maximum Gasteiger partial charge on any atom is 0.0521 e. The lowest BCUT2D eigenvalue weighted by Crippen LogP contribution is -2.24. The van der Waals surface area contributed by atoms with Gasteiger partial charge < -0.3 is 5.32 Å². The van der Waals surface area contributed by atoms with Crippen LogP contribution in [0.1, 0.15) is 36.3 Å². The summed E-state index contributed by atoms with van der Waals surface area (Å²) in [6.45, 7) is 1.01. The summed E-state index contributed by atoms with van der Waals surface area (Å²) >= 11 is 6.39. The summed E-state index contributed by atoms with van der Waals surface area (Å²) in [5.74, 6) is 0.458. The van der Waals surface area contributed by atoms with Gasteiger partial charge >= 0.3 is 0 Å². The summed E-state index contributed by atoms with van der Waals surface area (Å²) < 4.78 is 1.86. The van der Waals surface area contributed by atoms with Crippen LogP contribution in [0, 0.1) is 0 Å². The first-order valence-electron chi connectivity index (χ1n) is 7.67. The second-order valence-corrected chi connectivity index (χ2v) is 6.37. The van der Waals surface area contributed by atoms with E-state index in [1.54, 1.807) is 0 Å². The van der Waals surface area contributed by atoms with Crippen molar-refractivity contribution in [3.05, 3.63) is 52.8 Å². The molecule has 0 aliphatic heterocycles. The Balaban J connectivity index is 1.67. The number of rotatable bonds is 7. The second kappa shape index (κ2) is 6.63. The van der Waals surface area contributed by atoms with Crippen LogP contribution in [0.25, 0.3) is 0 Å². The van der Waals surface area contributed by atoms with Gasteiger partial charge in [0.2, 0.25) is 0 Å². The average Bonchev–Trinajstić information content (AvgIpc) is 3.21. The Morgan fingerprint density at radius 2 is 2.19 bits per heavy atom. The van der Waals surface area contributed by atoms with Crippen LogP contribution in [-0.4, -0.2) is 22.4 Å². The lowest BCUT2D eigenvalue weighted by molar-refractivity contribution is 0.548. The molecule has 1 aromatic carbocycles. The highest BCUT2D eigenvalue weighted by Gasteiger charge is 2.23. The Labute approximate surface area is 131 Å².